The number of rotatable bonds is 5. The molecule has 0 aliphatic carbocycles. The summed E-state index contributed by atoms with van der Waals surface area (Å²) >= 11 is 4.99. The van der Waals surface area contributed by atoms with Crippen LogP contribution in [0.5, 0.6) is 5.75 Å². The van der Waals surface area contributed by atoms with Crippen molar-refractivity contribution in [3.05, 3.63) is 50.6 Å². The number of hydrogen-bond acceptors (Lipinski definition) is 3. The van der Waals surface area contributed by atoms with E-state index in [1.165, 1.54) is 0 Å². The lowest BCUT2D eigenvalue weighted by Crippen LogP contribution is -2.03. The summed E-state index contributed by atoms with van der Waals surface area (Å²) in [7, 11) is 0. The molecular weight excluding hydrogens is 316 g/mol. The molecule has 1 aromatic heterocycles. The summed E-state index contributed by atoms with van der Waals surface area (Å²) in [6, 6.07) is 11.2. The van der Waals surface area contributed by atoms with Crippen molar-refractivity contribution in [2.45, 2.75) is 13.0 Å². The summed E-state index contributed by atoms with van der Waals surface area (Å²) in [6.45, 7) is 0.451. The third-order valence-electron chi connectivity index (χ3n) is 2.31. The van der Waals surface area contributed by atoms with Crippen molar-refractivity contribution in [2.75, 3.05) is 0 Å². The molecule has 1 aromatic carbocycles. The standard InChI is InChI=1S/C13H11BrO3S/c14-12-6-5-10(18-12)8-17-11-4-2-1-3-9(11)7-13(15)16/h1-6H,7-8H2,(H,15,16). The molecule has 0 spiro atoms. The van der Waals surface area contributed by atoms with E-state index in [0.717, 1.165) is 8.66 Å². The normalized spacial score (nSPS) is 10.3. The molecule has 5 heteroatoms. The van der Waals surface area contributed by atoms with Gasteiger partial charge in [-0.05, 0) is 34.1 Å². The highest BCUT2D eigenvalue weighted by Gasteiger charge is 2.07. The second-order valence-corrected chi connectivity index (χ2v) is 6.22. The number of hydrogen-bond donors (Lipinski definition) is 1. The minimum Gasteiger partial charge on any atom is -0.488 e. The van der Waals surface area contributed by atoms with E-state index in [1.807, 2.05) is 24.3 Å². The molecule has 2 rings (SSSR count). The number of ether oxygens (including phenoxy) is 1. The first-order valence-electron chi connectivity index (χ1n) is 5.32. The van der Waals surface area contributed by atoms with Crippen molar-refractivity contribution < 1.29 is 14.6 Å². The number of carboxylic acids is 1. The number of thiophene rings is 1. The Hall–Kier alpha value is -1.33. The van der Waals surface area contributed by atoms with Crippen LogP contribution in [0, 0.1) is 0 Å². The fourth-order valence-electron chi connectivity index (χ4n) is 1.53. The Bertz CT molecular complexity index is 551. The van der Waals surface area contributed by atoms with Crippen LogP contribution in [0.15, 0.2) is 40.2 Å². The molecule has 0 aliphatic rings. The van der Waals surface area contributed by atoms with Crippen LogP contribution in [-0.4, -0.2) is 11.1 Å². The summed E-state index contributed by atoms with van der Waals surface area (Å²) < 4.78 is 6.72. The molecule has 94 valence electrons. The van der Waals surface area contributed by atoms with Crippen LogP contribution < -0.4 is 4.74 Å². The number of benzene rings is 1. The van der Waals surface area contributed by atoms with E-state index >= 15 is 0 Å². The molecule has 0 fully saturated rings. The Balaban J connectivity index is 2.06. The van der Waals surface area contributed by atoms with Gasteiger partial charge in [0.05, 0.1) is 10.2 Å². The second kappa shape index (κ2) is 6.02. The molecule has 0 atom stereocenters. The van der Waals surface area contributed by atoms with Crippen molar-refractivity contribution >= 4 is 33.2 Å². The van der Waals surface area contributed by atoms with Crippen LogP contribution in [0.3, 0.4) is 0 Å². The Morgan fingerprint density at radius 1 is 1.28 bits per heavy atom. The van der Waals surface area contributed by atoms with E-state index in [-0.39, 0.29) is 6.42 Å². The SMILES string of the molecule is O=C(O)Cc1ccccc1OCc1ccc(Br)s1. The molecule has 1 heterocycles. The highest BCUT2D eigenvalue weighted by atomic mass is 79.9. The largest absolute Gasteiger partial charge is 0.488 e. The number of carbonyl (C=O) groups is 1. The lowest BCUT2D eigenvalue weighted by molar-refractivity contribution is -0.136. The molecule has 0 unspecified atom stereocenters. The number of para-hydroxylation sites is 1. The maximum Gasteiger partial charge on any atom is 0.307 e. The minimum atomic E-state index is -0.857. The van der Waals surface area contributed by atoms with Crippen molar-refractivity contribution in [1.82, 2.24) is 0 Å². The summed E-state index contributed by atoms with van der Waals surface area (Å²) in [4.78, 5) is 11.8. The second-order valence-electron chi connectivity index (χ2n) is 3.67. The quantitative estimate of drug-likeness (QED) is 0.910. The first kappa shape index (κ1) is 13.1. The van der Waals surface area contributed by atoms with Gasteiger partial charge in [0.2, 0.25) is 0 Å². The van der Waals surface area contributed by atoms with Crippen LogP contribution >= 0.6 is 27.3 Å². The summed E-state index contributed by atoms with van der Waals surface area (Å²) in [6.07, 6.45) is -0.0235. The lowest BCUT2D eigenvalue weighted by Gasteiger charge is -2.09. The van der Waals surface area contributed by atoms with Crippen LogP contribution in [0.4, 0.5) is 0 Å². The van der Waals surface area contributed by atoms with Gasteiger partial charge in [0.15, 0.2) is 0 Å². The van der Waals surface area contributed by atoms with Gasteiger partial charge in [-0.2, -0.15) is 0 Å². The van der Waals surface area contributed by atoms with Gasteiger partial charge in [0, 0.05) is 10.4 Å². The molecular formula is C13H11BrO3S. The van der Waals surface area contributed by atoms with Crippen LogP contribution in [0.25, 0.3) is 0 Å². The Morgan fingerprint density at radius 2 is 2.06 bits per heavy atom. The average Bonchev–Trinajstić information content (AvgIpc) is 2.73. The molecule has 18 heavy (non-hydrogen) atoms. The molecule has 1 N–H and O–H groups in total. The molecule has 0 amide bonds. The van der Waals surface area contributed by atoms with Crippen LogP contribution in [-0.2, 0) is 17.8 Å². The van der Waals surface area contributed by atoms with Gasteiger partial charge in [-0.25, -0.2) is 0 Å². The zero-order valence-electron chi connectivity index (χ0n) is 9.43. The predicted molar refractivity (Wildman–Crippen MR) is 74.1 cm³/mol. The van der Waals surface area contributed by atoms with E-state index in [4.69, 9.17) is 9.84 Å². The predicted octanol–water partition coefficient (Wildman–Crippen LogP) is 3.72. The Labute approximate surface area is 117 Å². The highest BCUT2D eigenvalue weighted by Crippen LogP contribution is 2.25. The van der Waals surface area contributed by atoms with Gasteiger partial charge in [-0.15, -0.1) is 11.3 Å². The Morgan fingerprint density at radius 3 is 2.72 bits per heavy atom. The highest BCUT2D eigenvalue weighted by molar-refractivity contribution is 9.11. The van der Waals surface area contributed by atoms with Gasteiger partial charge in [-0.1, -0.05) is 18.2 Å². The van der Waals surface area contributed by atoms with E-state index < -0.39 is 5.97 Å². The lowest BCUT2D eigenvalue weighted by atomic mass is 10.1. The zero-order valence-corrected chi connectivity index (χ0v) is 11.8. The van der Waals surface area contributed by atoms with E-state index in [1.54, 1.807) is 23.5 Å². The number of carboxylic acid groups (broad SMARTS) is 1. The third kappa shape index (κ3) is 3.58. The Kier molecular flexibility index (Phi) is 4.38. The smallest absolute Gasteiger partial charge is 0.307 e. The first-order valence-corrected chi connectivity index (χ1v) is 6.93. The van der Waals surface area contributed by atoms with Gasteiger partial charge in [0.25, 0.3) is 0 Å². The minimum absolute atomic E-state index is 0.0235. The summed E-state index contributed by atoms with van der Waals surface area (Å²) in [5, 5.41) is 8.82. The van der Waals surface area contributed by atoms with Gasteiger partial charge in [0.1, 0.15) is 12.4 Å². The monoisotopic (exact) mass is 326 g/mol. The average molecular weight is 327 g/mol. The first-order chi connectivity index (χ1) is 8.65. The van der Waals surface area contributed by atoms with Crippen LogP contribution in [0.1, 0.15) is 10.4 Å². The molecule has 3 nitrogen and oxygen atoms in total. The van der Waals surface area contributed by atoms with Crippen molar-refractivity contribution in [2.24, 2.45) is 0 Å². The fourth-order valence-corrected chi connectivity index (χ4v) is 2.93. The fraction of sp³-hybridized carbons (Fsp3) is 0.154. The topological polar surface area (TPSA) is 46.5 Å². The van der Waals surface area contributed by atoms with Crippen LogP contribution in [0.2, 0.25) is 0 Å². The summed E-state index contributed by atoms with van der Waals surface area (Å²) in [5.41, 5.74) is 0.695. The summed E-state index contributed by atoms with van der Waals surface area (Å²) in [5.74, 6) is -0.227. The van der Waals surface area contributed by atoms with Crippen molar-refractivity contribution in [3.63, 3.8) is 0 Å². The van der Waals surface area contributed by atoms with Gasteiger partial charge in [-0.3, -0.25) is 4.79 Å². The van der Waals surface area contributed by atoms with E-state index in [9.17, 15) is 4.79 Å². The molecule has 0 radical (unpaired) electrons. The van der Waals surface area contributed by atoms with Crippen molar-refractivity contribution in [3.8, 4) is 5.75 Å². The number of aliphatic carboxylic acids is 1. The molecule has 0 saturated heterocycles. The van der Waals surface area contributed by atoms with E-state index in [2.05, 4.69) is 15.9 Å². The maximum absolute atomic E-state index is 10.7. The molecule has 0 aliphatic heterocycles. The molecule has 0 saturated carbocycles. The maximum atomic E-state index is 10.7. The van der Waals surface area contributed by atoms with E-state index in [0.29, 0.717) is 17.9 Å². The third-order valence-corrected chi connectivity index (χ3v) is 3.91. The molecule has 2 aromatic rings. The zero-order chi connectivity index (χ0) is 13.0. The molecule has 0 bridgehead atoms. The number of halogens is 1. The van der Waals surface area contributed by atoms with Gasteiger partial charge < -0.3 is 9.84 Å². The van der Waals surface area contributed by atoms with Crippen molar-refractivity contribution in [1.29, 1.82) is 0 Å². The van der Waals surface area contributed by atoms with Gasteiger partial charge >= 0.3 is 5.97 Å².